The number of aromatic nitrogens is 1. The van der Waals surface area contributed by atoms with E-state index in [1.54, 1.807) is 18.5 Å². The van der Waals surface area contributed by atoms with Crippen molar-refractivity contribution in [3.8, 4) is 0 Å². The minimum atomic E-state index is -0.186. The summed E-state index contributed by atoms with van der Waals surface area (Å²) in [5.41, 5.74) is 0.886. The molecule has 0 spiro atoms. The monoisotopic (exact) mass is 207 g/mol. The van der Waals surface area contributed by atoms with E-state index in [9.17, 15) is 9.70 Å². The number of hydrogen-bond donors (Lipinski definition) is 1. The van der Waals surface area contributed by atoms with Gasteiger partial charge in [-0.15, -0.1) is 4.91 Å². The molecule has 0 aliphatic rings. The number of carbonyl (C=O) groups excluding carboxylic acids is 1. The van der Waals surface area contributed by atoms with Crippen molar-refractivity contribution in [2.45, 2.75) is 19.4 Å². The number of Topliss-reactive ketones (excluding diaryl/α,β-unsaturated/α-hetero) is 1. The lowest BCUT2D eigenvalue weighted by atomic mass is 10.0. The Morgan fingerprint density at radius 3 is 3.00 bits per heavy atom. The van der Waals surface area contributed by atoms with E-state index in [1.807, 2.05) is 6.07 Å². The third-order valence-electron chi connectivity index (χ3n) is 1.98. The lowest BCUT2D eigenvalue weighted by Crippen LogP contribution is -2.23. The second-order valence-electron chi connectivity index (χ2n) is 3.24. The van der Waals surface area contributed by atoms with Crippen LogP contribution in [0.3, 0.4) is 0 Å². The second-order valence-corrected chi connectivity index (χ2v) is 3.24. The van der Waals surface area contributed by atoms with Gasteiger partial charge >= 0.3 is 0 Å². The van der Waals surface area contributed by atoms with E-state index in [0.29, 0.717) is 6.42 Å². The summed E-state index contributed by atoms with van der Waals surface area (Å²) in [5.74, 6) is 0.0576. The highest BCUT2D eigenvalue weighted by molar-refractivity contribution is 5.76. The molecule has 0 radical (unpaired) electrons. The van der Waals surface area contributed by atoms with Gasteiger partial charge in [0.1, 0.15) is 12.5 Å². The molecule has 0 bridgehead atoms. The standard InChI is InChI=1S/C10H13N3O2/c1-8(14)5-10(12-7-13-15)9-3-2-4-11-6-9/h2-4,6,10,12H,5,7H2,1H3/t10-/m0/s1. The molecule has 1 atom stereocenters. The molecule has 0 saturated heterocycles. The first-order valence-corrected chi connectivity index (χ1v) is 4.66. The summed E-state index contributed by atoms with van der Waals surface area (Å²) < 4.78 is 0. The highest BCUT2D eigenvalue weighted by Gasteiger charge is 2.12. The van der Waals surface area contributed by atoms with Gasteiger partial charge < -0.3 is 0 Å². The van der Waals surface area contributed by atoms with Crippen LogP contribution in [0.5, 0.6) is 0 Å². The van der Waals surface area contributed by atoms with Gasteiger partial charge in [-0.05, 0) is 18.6 Å². The predicted molar refractivity (Wildman–Crippen MR) is 56.1 cm³/mol. The Hall–Kier alpha value is -1.62. The van der Waals surface area contributed by atoms with Crippen LogP contribution in [0.4, 0.5) is 0 Å². The molecular weight excluding hydrogens is 194 g/mol. The lowest BCUT2D eigenvalue weighted by molar-refractivity contribution is -0.117. The van der Waals surface area contributed by atoms with E-state index >= 15 is 0 Å². The summed E-state index contributed by atoms with van der Waals surface area (Å²) in [6.45, 7) is 1.51. The van der Waals surface area contributed by atoms with E-state index in [4.69, 9.17) is 0 Å². The molecular formula is C10H13N3O2. The zero-order chi connectivity index (χ0) is 11.1. The average molecular weight is 207 g/mol. The normalized spacial score (nSPS) is 12.1. The van der Waals surface area contributed by atoms with Crippen molar-refractivity contribution in [2.75, 3.05) is 6.67 Å². The highest BCUT2D eigenvalue weighted by Crippen LogP contribution is 2.15. The first-order valence-electron chi connectivity index (χ1n) is 4.66. The number of rotatable bonds is 6. The Morgan fingerprint density at radius 1 is 1.67 bits per heavy atom. The van der Waals surface area contributed by atoms with Crippen molar-refractivity contribution in [2.24, 2.45) is 5.18 Å². The zero-order valence-corrected chi connectivity index (χ0v) is 8.51. The van der Waals surface area contributed by atoms with Crippen molar-refractivity contribution in [3.05, 3.63) is 35.0 Å². The van der Waals surface area contributed by atoms with Crippen molar-refractivity contribution in [3.63, 3.8) is 0 Å². The van der Waals surface area contributed by atoms with Crippen LogP contribution in [0.2, 0.25) is 0 Å². The molecule has 0 amide bonds. The number of ketones is 1. The highest BCUT2D eigenvalue weighted by atomic mass is 16.3. The molecule has 5 nitrogen and oxygen atoms in total. The van der Waals surface area contributed by atoms with E-state index in [-0.39, 0.29) is 18.5 Å². The molecule has 1 N–H and O–H groups in total. The molecule has 0 aromatic carbocycles. The van der Waals surface area contributed by atoms with Crippen LogP contribution in [0.25, 0.3) is 0 Å². The van der Waals surface area contributed by atoms with Crippen LogP contribution in [-0.4, -0.2) is 17.4 Å². The van der Waals surface area contributed by atoms with E-state index in [2.05, 4.69) is 15.5 Å². The van der Waals surface area contributed by atoms with Crippen molar-refractivity contribution >= 4 is 5.78 Å². The number of pyridine rings is 1. The molecule has 5 heteroatoms. The van der Waals surface area contributed by atoms with Crippen LogP contribution in [0.15, 0.2) is 29.7 Å². The topological polar surface area (TPSA) is 71.4 Å². The Morgan fingerprint density at radius 2 is 2.47 bits per heavy atom. The van der Waals surface area contributed by atoms with Gasteiger partial charge in [-0.25, -0.2) is 0 Å². The average Bonchev–Trinajstić information content (AvgIpc) is 2.25. The minimum Gasteiger partial charge on any atom is -0.300 e. The summed E-state index contributed by atoms with van der Waals surface area (Å²) in [7, 11) is 0. The summed E-state index contributed by atoms with van der Waals surface area (Å²) in [6.07, 6.45) is 3.67. The quantitative estimate of drug-likeness (QED) is 0.716. The van der Waals surface area contributed by atoms with Crippen LogP contribution in [0, 0.1) is 4.91 Å². The van der Waals surface area contributed by atoms with E-state index in [1.165, 1.54) is 6.92 Å². The molecule has 15 heavy (non-hydrogen) atoms. The molecule has 1 aromatic heterocycles. The fourth-order valence-corrected chi connectivity index (χ4v) is 1.32. The molecule has 0 unspecified atom stereocenters. The SMILES string of the molecule is CC(=O)C[C@H](NCN=O)c1cccnc1. The lowest BCUT2D eigenvalue weighted by Gasteiger charge is -2.15. The third kappa shape index (κ3) is 3.95. The van der Waals surface area contributed by atoms with Gasteiger partial charge in [0.15, 0.2) is 0 Å². The summed E-state index contributed by atoms with van der Waals surface area (Å²) in [5, 5.41) is 5.59. The molecule has 0 aliphatic heterocycles. The Balaban J connectivity index is 2.71. The minimum absolute atomic E-state index is 0.00710. The summed E-state index contributed by atoms with van der Waals surface area (Å²) >= 11 is 0. The van der Waals surface area contributed by atoms with Crippen LogP contribution in [0.1, 0.15) is 24.9 Å². The van der Waals surface area contributed by atoms with Gasteiger partial charge in [0.05, 0.1) is 0 Å². The fraction of sp³-hybridized carbons (Fsp3) is 0.400. The van der Waals surface area contributed by atoms with Crippen LogP contribution < -0.4 is 5.32 Å². The predicted octanol–water partition coefficient (Wildman–Crippen LogP) is 1.42. The second kappa shape index (κ2) is 5.98. The Bertz CT molecular complexity index is 327. The molecule has 1 rings (SSSR count). The first kappa shape index (κ1) is 11.5. The van der Waals surface area contributed by atoms with E-state index < -0.39 is 0 Å². The Labute approximate surface area is 87.9 Å². The molecule has 0 saturated carbocycles. The maximum atomic E-state index is 11.0. The maximum absolute atomic E-state index is 11.0. The number of carbonyl (C=O) groups is 1. The van der Waals surface area contributed by atoms with Crippen LogP contribution >= 0.6 is 0 Å². The van der Waals surface area contributed by atoms with Gasteiger partial charge in [0, 0.05) is 24.9 Å². The van der Waals surface area contributed by atoms with Gasteiger partial charge in [-0.2, -0.15) is 0 Å². The van der Waals surface area contributed by atoms with Gasteiger partial charge in [-0.1, -0.05) is 11.2 Å². The Kier molecular flexibility index (Phi) is 4.56. The number of nitrogens with one attached hydrogen (secondary N) is 1. The van der Waals surface area contributed by atoms with Gasteiger partial charge in [-0.3, -0.25) is 15.1 Å². The van der Waals surface area contributed by atoms with Crippen molar-refractivity contribution in [1.82, 2.24) is 10.3 Å². The van der Waals surface area contributed by atoms with Crippen LogP contribution in [-0.2, 0) is 4.79 Å². The number of nitrogens with zero attached hydrogens (tertiary/aromatic N) is 2. The molecule has 1 heterocycles. The van der Waals surface area contributed by atoms with Gasteiger partial charge in [0.25, 0.3) is 0 Å². The number of nitroso groups, excluding NO2 is 1. The summed E-state index contributed by atoms with van der Waals surface area (Å²) in [6, 6.07) is 3.46. The first-order chi connectivity index (χ1) is 7.24. The smallest absolute Gasteiger partial charge is 0.132 e. The molecule has 1 aromatic rings. The van der Waals surface area contributed by atoms with Crippen molar-refractivity contribution < 1.29 is 4.79 Å². The largest absolute Gasteiger partial charge is 0.300 e. The fourth-order valence-electron chi connectivity index (χ4n) is 1.32. The maximum Gasteiger partial charge on any atom is 0.132 e. The zero-order valence-electron chi connectivity index (χ0n) is 8.51. The molecule has 80 valence electrons. The summed E-state index contributed by atoms with van der Waals surface area (Å²) in [4.78, 5) is 25.0. The number of hydrogen-bond acceptors (Lipinski definition) is 5. The van der Waals surface area contributed by atoms with Crippen molar-refractivity contribution in [1.29, 1.82) is 0 Å². The van der Waals surface area contributed by atoms with E-state index in [0.717, 1.165) is 5.56 Å². The third-order valence-corrected chi connectivity index (χ3v) is 1.98. The molecule has 0 fully saturated rings. The van der Waals surface area contributed by atoms with Gasteiger partial charge in [0.2, 0.25) is 0 Å². The molecule has 0 aliphatic carbocycles.